The summed E-state index contributed by atoms with van der Waals surface area (Å²) in [5.41, 5.74) is 0.962. The quantitative estimate of drug-likeness (QED) is 0.834. The van der Waals surface area contributed by atoms with Crippen molar-refractivity contribution in [1.29, 1.82) is 0 Å². The molecule has 2 aromatic rings. The van der Waals surface area contributed by atoms with Crippen molar-refractivity contribution in [1.82, 2.24) is 0 Å². The summed E-state index contributed by atoms with van der Waals surface area (Å²) in [6.07, 6.45) is 2.71. The molecule has 0 saturated heterocycles. The van der Waals surface area contributed by atoms with Gasteiger partial charge < -0.3 is 5.32 Å². The standard InChI is InChI=1S/C18H12ClNO2S/c19-12-6-8-13(9-7-12)20-15-10-17(22)18(11-16(15)21)23-14-4-2-1-3-5-14/h1-11,20H. The van der Waals surface area contributed by atoms with Gasteiger partial charge in [-0.05, 0) is 36.4 Å². The second-order valence-corrected chi connectivity index (χ2v) is 6.39. The lowest BCUT2D eigenvalue weighted by molar-refractivity contribution is -0.114. The van der Waals surface area contributed by atoms with Crippen molar-refractivity contribution in [3.63, 3.8) is 0 Å². The molecule has 0 amide bonds. The van der Waals surface area contributed by atoms with Crippen LogP contribution in [-0.2, 0) is 9.59 Å². The average Bonchev–Trinajstić information content (AvgIpc) is 2.55. The molecule has 0 radical (unpaired) electrons. The van der Waals surface area contributed by atoms with Crippen LogP contribution in [0.2, 0.25) is 5.02 Å². The maximum absolute atomic E-state index is 12.2. The summed E-state index contributed by atoms with van der Waals surface area (Å²) in [5, 5.41) is 3.56. The van der Waals surface area contributed by atoms with Gasteiger partial charge in [0, 0.05) is 27.8 Å². The van der Waals surface area contributed by atoms with Gasteiger partial charge in [0.05, 0.1) is 10.6 Å². The highest BCUT2D eigenvalue weighted by molar-refractivity contribution is 8.04. The molecule has 0 spiro atoms. The largest absolute Gasteiger partial charge is 0.352 e. The van der Waals surface area contributed by atoms with Crippen LogP contribution in [0.15, 0.2) is 82.2 Å². The number of carbonyl (C=O) groups is 2. The predicted octanol–water partition coefficient (Wildman–Crippen LogP) is 4.46. The monoisotopic (exact) mass is 341 g/mol. The fourth-order valence-electron chi connectivity index (χ4n) is 2.02. The summed E-state index contributed by atoms with van der Waals surface area (Å²) in [5.74, 6) is -0.409. The number of rotatable bonds is 4. The van der Waals surface area contributed by atoms with E-state index >= 15 is 0 Å². The van der Waals surface area contributed by atoms with Gasteiger partial charge in [-0.15, -0.1) is 0 Å². The van der Waals surface area contributed by atoms with E-state index in [1.165, 1.54) is 23.9 Å². The molecular formula is C18H12ClNO2S. The van der Waals surface area contributed by atoms with Gasteiger partial charge in [-0.1, -0.05) is 41.6 Å². The zero-order chi connectivity index (χ0) is 16.2. The van der Waals surface area contributed by atoms with Crippen molar-refractivity contribution in [3.05, 3.63) is 82.4 Å². The summed E-state index contributed by atoms with van der Waals surface area (Å²) >= 11 is 7.11. The molecule has 0 bridgehead atoms. The molecule has 1 aliphatic carbocycles. The number of allylic oxidation sites excluding steroid dienone is 3. The highest BCUT2D eigenvalue weighted by Gasteiger charge is 2.21. The minimum atomic E-state index is -0.224. The molecular weight excluding hydrogens is 330 g/mol. The molecule has 0 heterocycles. The minimum absolute atomic E-state index is 0.185. The van der Waals surface area contributed by atoms with Crippen LogP contribution in [0.25, 0.3) is 0 Å². The van der Waals surface area contributed by atoms with Crippen molar-refractivity contribution in [2.75, 3.05) is 5.32 Å². The number of anilines is 1. The molecule has 1 aliphatic rings. The van der Waals surface area contributed by atoms with Gasteiger partial charge in [-0.2, -0.15) is 0 Å². The highest BCUT2D eigenvalue weighted by atomic mass is 35.5. The van der Waals surface area contributed by atoms with Gasteiger partial charge >= 0.3 is 0 Å². The Labute approximate surface area is 143 Å². The lowest BCUT2D eigenvalue weighted by Gasteiger charge is -2.14. The molecule has 1 N–H and O–H groups in total. The number of carbonyl (C=O) groups excluding carboxylic acids is 2. The summed E-state index contributed by atoms with van der Waals surface area (Å²) in [4.78, 5) is 25.8. The van der Waals surface area contributed by atoms with Gasteiger partial charge in [0.25, 0.3) is 0 Å². The molecule has 0 fully saturated rings. The third kappa shape index (κ3) is 3.92. The zero-order valence-electron chi connectivity index (χ0n) is 12.0. The van der Waals surface area contributed by atoms with E-state index in [-0.39, 0.29) is 17.3 Å². The molecule has 5 heteroatoms. The van der Waals surface area contributed by atoms with E-state index in [1.807, 2.05) is 30.3 Å². The first-order valence-electron chi connectivity index (χ1n) is 6.89. The number of halogens is 1. The molecule has 0 unspecified atom stereocenters. The van der Waals surface area contributed by atoms with Gasteiger partial charge in [0.1, 0.15) is 0 Å². The van der Waals surface area contributed by atoms with Crippen molar-refractivity contribution < 1.29 is 9.59 Å². The fourth-order valence-corrected chi connectivity index (χ4v) is 3.02. The number of hydrogen-bond acceptors (Lipinski definition) is 4. The van der Waals surface area contributed by atoms with Gasteiger partial charge in [0.2, 0.25) is 5.78 Å². The number of benzene rings is 2. The second kappa shape index (κ2) is 6.86. The van der Waals surface area contributed by atoms with E-state index in [0.717, 1.165) is 4.90 Å². The van der Waals surface area contributed by atoms with E-state index < -0.39 is 0 Å². The van der Waals surface area contributed by atoms with Crippen molar-refractivity contribution in [2.45, 2.75) is 4.90 Å². The number of thioether (sulfide) groups is 1. The number of ketones is 2. The smallest absolute Gasteiger partial charge is 0.203 e. The van der Waals surface area contributed by atoms with Crippen molar-refractivity contribution >= 4 is 40.6 Å². The van der Waals surface area contributed by atoms with Gasteiger partial charge in [0.15, 0.2) is 5.78 Å². The Hall–Kier alpha value is -2.30. The Kier molecular flexibility index (Phi) is 4.65. The van der Waals surface area contributed by atoms with Crippen LogP contribution in [0.1, 0.15) is 0 Å². The molecule has 2 aromatic carbocycles. The molecule has 0 aliphatic heterocycles. The van der Waals surface area contributed by atoms with Crippen molar-refractivity contribution in [2.24, 2.45) is 0 Å². The average molecular weight is 342 g/mol. The Balaban J connectivity index is 1.74. The topological polar surface area (TPSA) is 46.2 Å². The van der Waals surface area contributed by atoms with Crippen LogP contribution in [-0.4, -0.2) is 11.6 Å². The van der Waals surface area contributed by atoms with E-state index in [2.05, 4.69) is 5.32 Å². The van der Waals surface area contributed by atoms with E-state index in [0.29, 0.717) is 15.6 Å². The number of nitrogens with one attached hydrogen (secondary N) is 1. The summed E-state index contributed by atoms with van der Waals surface area (Å²) in [6, 6.07) is 16.4. The van der Waals surface area contributed by atoms with Crippen LogP contribution < -0.4 is 5.32 Å². The SMILES string of the molecule is O=C1C=C(Sc2ccccc2)C(=O)C=C1Nc1ccc(Cl)cc1. The highest BCUT2D eigenvalue weighted by Crippen LogP contribution is 2.30. The molecule has 3 nitrogen and oxygen atoms in total. The van der Waals surface area contributed by atoms with Crippen LogP contribution in [0.3, 0.4) is 0 Å². The maximum atomic E-state index is 12.2. The van der Waals surface area contributed by atoms with E-state index in [4.69, 9.17) is 11.6 Å². The first kappa shape index (κ1) is 15.6. The van der Waals surface area contributed by atoms with Gasteiger partial charge in [-0.3, -0.25) is 9.59 Å². The zero-order valence-corrected chi connectivity index (χ0v) is 13.5. The Bertz CT molecular complexity index is 811. The van der Waals surface area contributed by atoms with Crippen LogP contribution in [0, 0.1) is 0 Å². The second-order valence-electron chi connectivity index (χ2n) is 4.84. The van der Waals surface area contributed by atoms with E-state index in [1.54, 1.807) is 24.3 Å². The summed E-state index contributed by atoms with van der Waals surface area (Å²) in [7, 11) is 0. The Morgan fingerprint density at radius 2 is 1.52 bits per heavy atom. The molecule has 23 heavy (non-hydrogen) atoms. The predicted molar refractivity (Wildman–Crippen MR) is 93.6 cm³/mol. The van der Waals surface area contributed by atoms with Gasteiger partial charge in [-0.25, -0.2) is 0 Å². The van der Waals surface area contributed by atoms with Crippen LogP contribution in [0.4, 0.5) is 5.69 Å². The van der Waals surface area contributed by atoms with Crippen LogP contribution >= 0.6 is 23.4 Å². The summed E-state index contributed by atoms with van der Waals surface area (Å²) in [6.45, 7) is 0. The first-order valence-corrected chi connectivity index (χ1v) is 8.09. The lowest BCUT2D eigenvalue weighted by atomic mass is 10.1. The third-order valence-corrected chi connectivity index (χ3v) is 4.44. The first-order chi connectivity index (χ1) is 11.1. The molecule has 114 valence electrons. The maximum Gasteiger partial charge on any atom is 0.203 e. The molecule has 0 saturated carbocycles. The molecule has 3 rings (SSSR count). The summed E-state index contributed by atoms with van der Waals surface area (Å²) < 4.78 is 0. The molecule has 0 aromatic heterocycles. The lowest BCUT2D eigenvalue weighted by Crippen LogP contribution is -2.17. The normalized spacial score (nSPS) is 14.3. The van der Waals surface area contributed by atoms with Crippen molar-refractivity contribution in [3.8, 4) is 0 Å². The number of hydrogen-bond donors (Lipinski definition) is 1. The third-order valence-electron chi connectivity index (χ3n) is 3.14. The Morgan fingerprint density at radius 3 is 2.22 bits per heavy atom. The minimum Gasteiger partial charge on any atom is -0.352 e. The molecule has 0 atom stereocenters. The van der Waals surface area contributed by atoms with E-state index in [9.17, 15) is 9.59 Å². The Morgan fingerprint density at radius 1 is 0.826 bits per heavy atom. The fraction of sp³-hybridized carbons (Fsp3) is 0. The van der Waals surface area contributed by atoms with Crippen LogP contribution in [0.5, 0.6) is 0 Å².